The molecule has 0 unspecified atom stereocenters. The van der Waals surface area contributed by atoms with E-state index in [-0.39, 0.29) is 5.91 Å². The van der Waals surface area contributed by atoms with Gasteiger partial charge in [0, 0.05) is 19.0 Å². The molecule has 0 radical (unpaired) electrons. The molecule has 17 heavy (non-hydrogen) atoms. The molecular weight excluding hydrogens is 214 g/mol. The molecule has 2 rings (SSSR count). The normalized spacial score (nSPS) is 14.4. The van der Waals surface area contributed by atoms with Crippen molar-refractivity contribution in [3.05, 3.63) is 23.8 Å². The van der Waals surface area contributed by atoms with Crippen LogP contribution < -0.4 is 16.4 Å². The number of anilines is 2. The highest BCUT2D eigenvalue weighted by Gasteiger charge is 2.22. The average molecular weight is 233 g/mol. The standard InChI is InChI=1S/C13H19N3O/c1-9-2-5-11(14)12(8-9)15-7-6-13(17)16-10-3-4-10/h2,5,8,10,15H,3-4,6-7,14H2,1H3,(H,16,17). The van der Waals surface area contributed by atoms with Crippen molar-refractivity contribution in [2.24, 2.45) is 0 Å². The molecule has 4 nitrogen and oxygen atoms in total. The van der Waals surface area contributed by atoms with E-state index >= 15 is 0 Å². The number of rotatable bonds is 5. The van der Waals surface area contributed by atoms with Crippen LogP contribution in [0.25, 0.3) is 0 Å². The van der Waals surface area contributed by atoms with E-state index in [0.29, 0.717) is 19.0 Å². The van der Waals surface area contributed by atoms with Gasteiger partial charge in [0.25, 0.3) is 0 Å². The summed E-state index contributed by atoms with van der Waals surface area (Å²) in [6.07, 6.45) is 2.75. The van der Waals surface area contributed by atoms with Crippen molar-refractivity contribution in [1.29, 1.82) is 0 Å². The van der Waals surface area contributed by atoms with Gasteiger partial charge in [0.1, 0.15) is 0 Å². The largest absolute Gasteiger partial charge is 0.397 e. The summed E-state index contributed by atoms with van der Waals surface area (Å²) in [5.41, 5.74) is 8.62. The maximum Gasteiger partial charge on any atom is 0.221 e. The molecule has 4 N–H and O–H groups in total. The molecule has 0 heterocycles. The van der Waals surface area contributed by atoms with Crippen LogP contribution in [0.2, 0.25) is 0 Å². The zero-order valence-electron chi connectivity index (χ0n) is 10.1. The minimum atomic E-state index is 0.117. The molecule has 1 aliphatic rings. The number of aryl methyl sites for hydroxylation is 1. The minimum absolute atomic E-state index is 0.117. The molecular formula is C13H19N3O. The van der Waals surface area contributed by atoms with Gasteiger partial charge in [-0.05, 0) is 37.5 Å². The van der Waals surface area contributed by atoms with E-state index in [9.17, 15) is 4.79 Å². The summed E-state index contributed by atoms with van der Waals surface area (Å²) in [6, 6.07) is 6.28. The van der Waals surface area contributed by atoms with E-state index in [1.54, 1.807) is 0 Å². The Hall–Kier alpha value is -1.71. The molecule has 4 heteroatoms. The third-order valence-electron chi connectivity index (χ3n) is 2.82. The molecule has 0 saturated heterocycles. The van der Waals surface area contributed by atoms with Gasteiger partial charge in [-0.1, -0.05) is 6.07 Å². The monoisotopic (exact) mass is 233 g/mol. The predicted octanol–water partition coefficient (Wildman–Crippen LogP) is 1.66. The summed E-state index contributed by atoms with van der Waals surface area (Å²) in [5.74, 6) is 0.117. The Labute approximate surface area is 102 Å². The Kier molecular flexibility index (Phi) is 3.52. The molecule has 1 amide bonds. The SMILES string of the molecule is Cc1ccc(N)c(NCCC(=O)NC2CC2)c1. The van der Waals surface area contributed by atoms with E-state index in [1.165, 1.54) is 0 Å². The molecule has 1 aliphatic carbocycles. The maximum atomic E-state index is 11.5. The molecule has 1 aromatic rings. The highest BCUT2D eigenvalue weighted by molar-refractivity contribution is 5.77. The van der Waals surface area contributed by atoms with Crippen molar-refractivity contribution >= 4 is 17.3 Å². The summed E-state index contributed by atoms with van der Waals surface area (Å²) in [6.45, 7) is 2.64. The smallest absolute Gasteiger partial charge is 0.221 e. The number of benzene rings is 1. The first kappa shape index (κ1) is 11.8. The lowest BCUT2D eigenvalue weighted by Gasteiger charge is -2.10. The van der Waals surface area contributed by atoms with Gasteiger partial charge in [-0.15, -0.1) is 0 Å². The van der Waals surface area contributed by atoms with Crippen LogP contribution in [-0.4, -0.2) is 18.5 Å². The molecule has 1 aromatic carbocycles. The van der Waals surface area contributed by atoms with Crippen molar-refractivity contribution in [3.63, 3.8) is 0 Å². The lowest BCUT2D eigenvalue weighted by atomic mass is 10.2. The fourth-order valence-corrected chi connectivity index (χ4v) is 1.66. The second kappa shape index (κ2) is 5.08. The maximum absolute atomic E-state index is 11.5. The quantitative estimate of drug-likeness (QED) is 0.677. The Morgan fingerprint density at radius 3 is 2.94 bits per heavy atom. The third kappa shape index (κ3) is 3.66. The molecule has 1 saturated carbocycles. The summed E-state index contributed by atoms with van der Waals surface area (Å²) in [7, 11) is 0. The van der Waals surface area contributed by atoms with E-state index in [0.717, 1.165) is 29.8 Å². The lowest BCUT2D eigenvalue weighted by Crippen LogP contribution is -2.27. The summed E-state index contributed by atoms with van der Waals surface area (Å²) in [4.78, 5) is 11.5. The Balaban J connectivity index is 1.76. The van der Waals surface area contributed by atoms with Gasteiger partial charge >= 0.3 is 0 Å². The fourth-order valence-electron chi connectivity index (χ4n) is 1.66. The Bertz CT molecular complexity index is 413. The van der Waals surface area contributed by atoms with Gasteiger partial charge in [-0.2, -0.15) is 0 Å². The average Bonchev–Trinajstić information content (AvgIpc) is 3.07. The molecule has 92 valence electrons. The van der Waals surface area contributed by atoms with Crippen molar-refractivity contribution in [1.82, 2.24) is 5.32 Å². The topological polar surface area (TPSA) is 67.1 Å². The van der Waals surface area contributed by atoms with Gasteiger partial charge in [-0.3, -0.25) is 4.79 Å². The first-order valence-electron chi connectivity index (χ1n) is 6.04. The van der Waals surface area contributed by atoms with E-state index in [1.807, 2.05) is 25.1 Å². The van der Waals surface area contributed by atoms with Crippen molar-refractivity contribution in [2.45, 2.75) is 32.2 Å². The van der Waals surface area contributed by atoms with E-state index in [4.69, 9.17) is 5.73 Å². The van der Waals surface area contributed by atoms with Crippen LogP contribution >= 0.6 is 0 Å². The van der Waals surface area contributed by atoms with Crippen LogP contribution in [0.4, 0.5) is 11.4 Å². The van der Waals surface area contributed by atoms with Crippen LogP contribution in [0, 0.1) is 6.92 Å². The second-order valence-electron chi connectivity index (χ2n) is 4.61. The van der Waals surface area contributed by atoms with Crippen LogP contribution in [0.5, 0.6) is 0 Å². The molecule has 0 aliphatic heterocycles. The Morgan fingerprint density at radius 2 is 2.24 bits per heavy atom. The third-order valence-corrected chi connectivity index (χ3v) is 2.82. The number of hydrogen-bond acceptors (Lipinski definition) is 3. The van der Waals surface area contributed by atoms with Crippen molar-refractivity contribution in [3.8, 4) is 0 Å². The van der Waals surface area contributed by atoms with Crippen LogP contribution in [0.3, 0.4) is 0 Å². The van der Waals surface area contributed by atoms with Gasteiger partial charge in [0.15, 0.2) is 0 Å². The predicted molar refractivity (Wildman–Crippen MR) is 69.9 cm³/mol. The fraction of sp³-hybridized carbons (Fsp3) is 0.462. The number of nitrogen functional groups attached to an aromatic ring is 1. The van der Waals surface area contributed by atoms with E-state index in [2.05, 4.69) is 10.6 Å². The van der Waals surface area contributed by atoms with Gasteiger partial charge in [-0.25, -0.2) is 0 Å². The second-order valence-corrected chi connectivity index (χ2v) is 4.61. The van der Waals surface area contributed by atoms with Gasteiger partial charge in [0.05, 0.1) is 11.4 Å². The van der Waals surface area contributed by atoms with E-state index < -0.39 is 0 Å². The number of nitrogens with two attached hydrogens (primary N) is 1. The highest BCUT2D eigenvalue weighted by Crippen LogP contribution is 2.20. The number of amides is 1. The zero-order chi connectivity index (χ0) is 12.3. The van der Waals surface area contributed by atoms with Crippen molar-refractivity contribution in [2.75, 3.05) is 17.6 Å². The zero-order valence-corrected chi connectivity index (χ0v) is 10.1. The van der Waals surface area contributed by atoms with Gasteiger partial charge in [0.2, 0.25) is 5.91 Å². The summed E-state index contributed by atoms with van der Waals surface area (Å²) < 4.78 is 0. The summed E-state index contributed by atoms with van der Waals surface area (Å²) >= 11 is 0. The highest BCUT2D eigenvalue weighted by atomic mass is 16.1. The lowest BCUT2D eigenvalue weighted by molar-refractivity contribution is -0.120. The molecule has 0 aromatic heterocycles. The number of carbonyl (C=O) groups is 1. The van der Waals surface area contributed by atoms with Crippen molar-refractivity contribution < 1.29 is 4.79 Å². The molecule has 0 bridgehead atoms. The molecule has 0 atom stereocenters. The minimum Gasteiger partial charge on any atom is -0.397 e. The van der Waals surface area contributed by atoms with Crippen LogP contribution in [-0.2, 0) is 4.79 Å². The first-order chi connectivity index (χ1) is 8.15. The molecule has 1 fully saturated rings. The first-order valence-corrected chi connectivity index (χ1v) is 6.04. The number of hydrogen-bond donors (Lipinski definition) is 3. The molecule has 0 spiro atoms. The van der Waals surface area contributed by atoms with Crippen LogP contribution in [0.1, 0.15) is 24.8 Å². The number of carbonyl (C=O) groups excluding carboxylic acids is 1. The van der Waals surface area contributed by atoms with Gasteiger partial charge < -0.3 is 16.4 Å². The summed E-state index contributed by atoms with van der Waals surface area (Å²) in [5, 5.41) is 6.15. The number of nitrogens with one attached hydrogen (secondary N) is 2. The Morgan fingerprint density at radius 1 is 1.47 bits per heavy atom. The van der Waals surface area contributed by atoms with Crippen LogP contribution in [0.15, 0.2) is 18.2 Å².